The molecule has 0 aliphatic carbocycles. The number of nitrogens with zero attached hydrogens (tertiary/aromatic N) is 4. The van der Waals surface area contributed by atoms with Gasteiger partial charge in [-0.25, -0.2) is 4.68 Å². The Balaban J connectivity index is 1.53. The van der Waals surface area contributed by atoms with Crippen molar-refractivity contribution in [2.45, 2.75) is 19.4 Å². The first-order valence-electron chi connectivity index (χ1n) is 9.84. The molecule has 0 saturated carbocycles. The minimum Gasteiger partial charge on any atom is -0.494 e. The molecule has 3 aromatic rings. The van der Waals surface area contributed by atoms with Crippen molar-refractivity contribution < 1.29 is 14.3 Å². The van der Waals surface area contributed by atoms with Crippen LogP contribution in [0.2, 0.25) is 0 Å². The number of rotatable bonds is 5. The van der Waals surface area contributed by atoms with Crippen LogP contribution in [0.25, 0.3) is 5.69 Å². The summed E-state index contributed by atoms with van der Waals surface area (Å²) in [5.41, 5.74) is 2.95. The maximum absolute atomic E-state index is 13.0. The largest absolute Gasteiger partial charge is 0.494 e. The Morgan fingerprint density at radius 2 is 1.93 bits per heavy atom. The van der Waals surface area contributed by atoms with Gasteiger partial charge in [0.25, 0.3) is 5.91 Å². The minimum absolute atomic E-state index is 0.0724. The van der Waals surface area contributed by atoms with Gasteiger partial charge < -0.3 is 14.5 Å². The number of aryl methyl sites for hydroxylation is 1. The van der Waals surface area contributed by atoms with E-state index in [4.69, 9.17) is 4.74 Å². The van der Waals surface area contributed by atoms with Crippen LogP contribution < -0.4 is 9.64 Å². The minimum atomic E-state index is -0.503. The van der Waals surface area contributed by atoms with Crippen molar-refractivity contribution in [1.82, 2.24) is 14.7 Å². The molecule has 1 atom stereocenters. The summed E-state index contributed by atoms with van der Waals surface area (Å²) in [6.07, 6.45) is 2.31. The summed E-state index contributed by atoms with van der Waals surface area (Å²) in [5.74, 6) is 0.311. The first kappa shape index (κ1) is 19.7. The summed E-state index contributed by atoms with van der Waals surface area (Å²) in [7, 11) is 3.26. The predicted molar refractivity (Wildman–Crippen MR) is 114 cm³/mol. The van der Waals surface area contributed by atoms with E-state index >= 15 is 0 Å². The molecule has 1 aliphatic rings. The average Bonchev–Trinajstić information content (AvgIpc) is 3.40. The Bertz CT molecular complexity index is 1080. The van der Waals surface area contributed by atoms with Crippen molar-refractivity contribution in [2.75, 3.05) is 25.6 Å². The Morgan fingerprint density at radius 1 is 1.17 bits per heavy atom. The van der Waals surface area contributed by atoms with Gasteiger partial charge in [-0.15, -0.1) is 0 Å². The Labute approximate surface area is 175 Å². The van der Waals surface area contributed by atoms with Crippen LogP contribution in [0.1, 0.15) is 22.5 Å². The van der Waals surface area contributed by atoms with E-state index in [0.717, 1.165) is 16.9 Å². The molecule has 1 fully saturated rings. The smallest absolute Gasteiger partial charge is 0.274 e. The number of ether oxygens (including phenoxy) is 1. The standard InChI is InChI=1S/C23H24N4O3/c1-16-9-10-21(30-3)20(15-16)27-14-11-18(24-27)22(28)25(2)19-12-13-26(23(19)29)17-7-5-4-6-8-17/h4-11,14-15,19H,12-13H2,1-3H3. The molecule has 2 aromatic carbocycles. The van der Waals surface area contributed by atoms with Gasteiger partial charge in [-0.05, 0) is 49.2 Å². The zero-order chi connectivity index (χ0) is 21.3. The van der Waals surface area contributed by atoms with Crippen LogP contribution >= 0.6 is 0 Å². The zero-order valence-electron chi connectivity index (χ0n) is 17.3. The van der Waals surface area contributed by atoms with E-state index in [1.54, 1.807) is 36.0 Å². The summed E-state index contributed by atoms with van der Waals surface area (Å²) in [5, 5.41) is 4.45. The van der Waals surface area contributed by atoms with Gasteiger partial charge in [0.15, 0.2) is 5.69 Å². The molecule has 154 valence electrons. The number of para-hydroxylation sites is 1. The first-order valence-corrected chi connectivity index (χ1v) is 9.84. The lowest BCUT2D eigenvalue weighted by molar-refractivity contribution is -0.120. The topological polar surface area (TPSA) is 67.7 Å². The van der Waals surface area contributed by atoms with Crippen molar-refractivity contribution in [2.24, 2.45) is 0 Å². The Morgan fingerprint density at radius 3 is 2.67 bits per heavy atom. The predicted octanol–water partition coefficient (Wildman–Crippen LogP) is 3.07. The maximum Gasteiger partial charge on any atom is 0.274 e. The number of hydrogen-bond donors (Lipinski definition) is 0. The van der Waals surface area contributed by atoms with Gasteiger partial charge in [0, 0.05) is 25.5 Å². The van der Waals surface area contributed by atoms with E-state index in [9.17, 15) is 9.59 Å². The van der Waals surface area contributed by atoms with Crippen molar-refractivity contribution in [3.05, 3.63) is 72.1 Å². The second kappa shape index (κ2) is 8.02. The third-order valence-electron chi connectivity index (χ3n) is 5.42. The molecular formula is C23H24N4O3. The number of likely N-dealkylation sites (N-methyl/N-ethyl adjacent to an activating group) is 1. The average molecular weight is 404 g/mol. The van der Waals surface area contributed by atoms with E-state index in [0.29, 0.717) is 18.7 Å². The van der Waals surface area contributed by atoms with Crippen LogP contribution in [0, 0.1) is 6.92 Å². The highest BCUT2D eigenvalue weighted by Gasteiger charge is 2.37. The number of amides is 2. The first-order chi connectivity index (χ1) is 14.5. The second-order valence-electron chi connectivity index (χ2n) is 7.37. The molecule has 1 aliphatic heterocycles. The van der Waals surface area contributed by atoms with Gasteiger partial charge in [0.1, 0.15) is 17.5 Å². The van der Waals surface area contributed by atoms with Crippen molar-refractivity contribution in [3.63, 3.8) is 0 Å². The summed E-state index contributed by atoms with van der Waals surface area (Å²) in [6, 6.07) is 16.4. The highest BCUT2D eigenvalue weighted by molar-refractivity contribution is 6.03. The summed E-state index contributed by atoms with van der Waals surface area (Å²) in [4.78, 5) is 29.2. The quantitative estimate of drug-likeness (QED) is 0.656. The lowest BCUT2D eigenvalue weighted by atomic mass is 10.2. The van der Waals surface area contributed by atoms with Crippen LogP contribution in [0.5, 0.6) is 5.75 Å². The van der Waals surface area contributed by atoms with Gasteiger partial charge >= 0.3 is 0 Å². The third-order valence-corrected chi connectivity index (χ3v) is 5.42. The molecular weight excluding hydrogens is 380 g/mol. The van der Waals surface area contributed by atoms with E-state index in [-0.39, 0.29) is 17.5 Å². The van der Waals surface area contributed by atoms with Gasteiger partial charge in [0.2, 0.25) is 5.91 Å². The fourth-order valence-electron chi connectivity index (χ4n) is 3.76. The molecule has 2 amide bonds. The van der Waals surface area contributed by atoms with Gasteiger partial charge in [-0.3, -0.25) is 9.59 Å². The van der Waals surface area contributed by atoms with Crippen LogP contribution in [0.4, 0.5) is 5.69 Å². The number of benzene rings is 2. The van der Waals surface area contributed by atoms with E-state index in [1.807, 2.05) is 55.5 Å². The number of carbonyl (C=O) groups is 2. The Kier molecular flexibility index (Phi) is 5.27. The molecule has 7 heteroatoms. The van der Waals surface area contributed by atoms with Crippen molar-refractivity contribution >= 4 is 17.5 Å². The highest BCUT2D eigenvalue weighted by Crippen LogP contribution is 2.26. The number of anilines is 1. The molecule has 1 aromatic heterocycles. The lowest BCUT2D eigenvalue weighted by Gasteiger charge is -2.23. The summed E-state index contributed by atoms with van der Waals surface area (Å²) in [6.45, 7) is 2.57. The van der Waals surface area contributed by atoms with E-state index in [2.05, 4.69) is 5.10 Å². The molecule has 30 heavy (non-hydrogen) atoms. The SMILES string of the molecule is COc1ccc(C)cc1-n1ccc(C(=O)N(C)C2CCN(c3ccccc3)C2=O)n1. The molecule has 1 saturated heterocycles. The molecule has 0 N–H and O–H groups in total. The molecule has 0 radical (unpaired) electrons. The Hall–Kier alpha value is -3.61. The normalized spacial score (nSPS) is 16.0. The van der Waals surface area contributed by atoms with Crippen LogP contribution in [-0.4, -0.2) is 53.2 Å². The van der Waals surface area contributed by atoms with Gasteiger partial charge in [-0.2, -0.15) is 5.10 Å². The zero-order valence-corrected chi connectivity index (χ0v) is 17.3. The summed E-state index contributed by atoms with van der Waals surface area (Å²) >= 11 is 0. The second-order valence-corrected chi connectivity index (χ2v) is 7.37. The van der Waals surface area contributed by atoms with Crippen molar-refractivity contribution in [3.8, 4) is 11.4 Å². The van der Waals surface area contributed by atoms with E-state index in [1.165, 1.54) is 4.90 Å². The van der Waals surface area contributed by atoms with Crippen LogP contribution in [0.3, 0.4) is 0 Å². The lowest BCUT2D eigenvalue weighted by Crippen LogP contribution is -2.43. The van der Waals surface area contributed by atoms with E-state index < -0.39 is 6.04 Å². The molecule has 7 nitrogen and oxygen atoms in total. The molecule has 2 heterocycles. The highest BCUT2D eigenvalue weighted by atomic mass is 16.5. The number of carbonyl (C=O) groups excluding carboxylic acids is 2. The molecule has 0 spiro atoms. The van der Waals surface area contributed by atoms with Gasteiger partial charge in [-0.1, -0.05) is 24.3 Å². The molecule has 0 bridgehead atoms. The number of methoxy groups -OCH3 is 1. The molecule has 1 unspecified atom stereocenters. The molecule has 4 rings (SSSR count). The van der Waals surface area contributed by atoms with Crippen molar-refractivity contribution in [1.29, 1.82) is 0 Å². The monoisotopic (exact) mass is 404 g/mol. The van der Waals surface area contributed by atoms with Crippen LogP contribution in [-0.2, 0) is 4.79 Å². The summed E-state index contributed by atoms with van der Waals surface area (Å²) < 4.78 is 7.04. The fourth-order valence-corrected chi connectivity index (χ4v) is 3.76. The number of aromatic nitrogens is 2. The van der Waals surface area contributed by atoms with Crippen LogP contribution in [0.15, 0.2) is 60.8 Å². The fraction of sp³-hybridized carbons (Fsp3) is 0.261. The third kappa shape index (κ3) is 3.54. The van der Waals surface area contributed by atoms with Gasteiger partial charge in [0.05, 0.1) is 7.11 Å². The number of hydrogen-bond acceptors (Lipinski definition) is 4. The maximum atomic E-state index is 13.0.